The summed E-state index contributed by atoms with van der Waals surface area (Å²) in [7, 11) is 1.80. The van der Waals surface area contributed by atoms with E-state index in [9.17, 15) is 4.79 Å². The van der Waals surface area contributed by atoms with Crippen molar-refractivity contribution >= 4 is 5.97 Å². The van der Waals surface area contributed by atoms with Crippen LogP contribution in [0, 0.1) is 0 Å². The molecule has 0 aromatic rings. The van der Waals surface area contributed by atoms with Gasteiger partial charge in [0.25, 0.3) is 0 Å². The highest BCUT2D eigenvalue weighted by Crippen LogP contribution is 2.23. The third kappa shape index (κ3) is 7.85. The van der Waals surface area contributed by atoms with E-state index in [2.05, 4.69) is 0 Å². The van der Waals surface area contributed by atoms with Crippen molar-refractivity contribution in [3.8, 4) is 0 Å². The summed E-state index contributed by atoms with van der Waals surface area (Å²) in [5.74, 6) is -0.0972. The van der Waals surface area contributed by atoms with Gasteiger partial charge in [0.1, 0.15) is 0 Å². The summed E-state index contributed by atoms with van der Waals surface area (Å²) in [6.45, 7) is 3.24. The van der Waals surface area contributed by atoms with Crippen molar-refractivity contribution < 1.29 is 19.0 Å². The first-order chi connectivity index (χ1) is 9.76. The van der Waals surface area contributed by atoms with Crippen molar-refractivity contribution in [3.63, 3.8) is 0 Å². The molecule has 0 atom stereocenters. The third-order valence-electron chi connectivity index (χ3n) is 3.90. The number of esters is 1. The fraction of sp³-hybridized carbons (Fsp3) is 0.938. The number of rotatable bonds is 10. The van der Waals surface area contributed by atoms with Crippen molar-refractivity contribution in [2.75, 3.05) is 20.3 Å². The van der Waals surface area contributed by atoms with E-state index in [1.54, 1.807) is 7.11 Å². The van der Waals surface area contributed by atoms with Crippen LogP contribution in [0.25, 0.3) is 0 Å². The molecule has 0 aromatic heterocycles. The van der Waals surface area contributed by atoms with Gasteiger partial charge in [-0.05, 0) is 44.9 Å². The Morgan fingerprint density at radius 1 is 0.950 bits per heavy atom. The number of carbonyl (C=O) groups is 1. The topological polar surface area (TPSA) is 44.8 Å². The first-order valence-corrected chi connectivity index (χ1v) is 8.06. The lowest BCUT2D eigenvalue weighted by Gasteiger charge is -2.27. The maximum atomic E-state index is 10.9. The minimum absolute atomic E-state index is 0.0972. The summed E-state index contributed by atoms with van der Waals surface area (Å²) in [5.41, 5.74) is 0. The van der Waals surface area contributed by atoms with E-state index in [-0.39, 0.29) is 5.97 Å². The van der Waals surface area contributed by atoms with Gasteiger partial charge in [0, 0.05) is 20.1 Å². The van der Waals surface area contributed by atoms with Gasteiger partial charge < -0.3 is 14.2 Å². The van der Waals surface area contributed by atoms with E-state index in [1.165, 1.54) is 0 Å². The Kier molecular flexibility index (Phi) is 9.67. The van der Waals surface area contributed by atoms with Gasteiger partial charge in [-0.15, -0.1) is 0 Å². The largest absolute Gasteiger partial charge is 0.466 e. The molecule has 1 rings (SSSR count). The first-order valence-electron chi connectivity index (χ1n) is 8.06. The summed E-state index contributed by atoms with van der Waals surface area (Å²) in [6, 6.07) is 0. The molecule has 20 heavy (non-hydrogen) atoms. The molecule has 0 aliphatic heterocycles. The Balaban J connectivity index is 1.84. The molecule has 0 heterocycles. The molecule has 0 radical (unpaired) electrons. The number of carbonyl (C=O) groups excluding carboxylic acids is 1. The van der Waals surface area contributed by atoms with Crippen molar-refractivity contribution in [3.05, 3.63) is 0 Å². The van der Waals surface area contributed by atoms with Crippen LogP contribution in [0.15, 0.2) is 0 Å². The molecule has 4 heteroatoms. The smallest absolute Gasteiger partial charge is 0.305 e. The highest BCUT2D eigenvalue weighted by Gasteiger charge is 2.20. The van der Waals surface area contributed by atoms with Crippen LogP contribution in [0.1, 0.15) is 64.7 Å². The van der Waals surface area contributed by atoms with E-state index in [1.807, 2.05) is 6.92 Å². The summed E-state index contributed by atoms with van der Waals surface area (Å²) in [4.78, 5) is 10.9. The molecule has 1 aliphatic rings. The average Bonchev–Trinajstić information content (AvgIpc) is 2.50. The van der Waals surface area contributed by atoms with Crippen molar-refractivity contribution in [2.24, 2.45) is 0 Å². The van der Waals surface area contributed by atoms with Crippen LogP contribution in [-0.2, 0) is 19.0 Å². The summed E-state index contributed by atoms with van der Waals surface area (Å²) in [5, 5.41) is 0. The molecule has 0 aromatic carbocycles. The van der Waals surface area contributed by atoms with E-state index in [0.29, 0.717) is 25.2 Å². The van der Waals surface area contributed by atoms with Crippen LogP contribution in [0.5, 0.6) is 0 Å². The number of methoxy groups -OCH3 is 1. The maximum Gasteiger partial charge on any atom is 0.305 e. The maximum absolute atomic E-state index is 10.9. The highest BCUT2D eigenvalue weighted by molar-refractivity contribution is 5.68. The van der Waals surface area contributed by atoms with E-state index < -0.39 is 0 Å². The van der Waals surface area contributed by atoms with Crippen LogP contribution in [-0.4, -0.2) is 38.5 Å². The van der Waals surface area contributed by atoms with Gasteiger partial charge in [-0.25, -0.2) is 0 Å². The molecule has 1 aliphatic carbocycles. The minimum atomic E-state index is -0.0972. The fourth-order valence-corrected chi connectivity index (χ4v) is 2.53. The molecule has 0 saturated heterocycles. The van der Waals surface area contributed by atoms with Gasteiger partial charge in [-0.3, -0.25) is 4.79 Å². The predicted octanol–water partition coefficient (Wildman–Crippen LogP) is 3.47. The molecular weight excluding hydrogens is 256 g/mol. The summed E-state index contributed by atoms with van der Waals surface area (Å²) in [6.07, 6.45) is 10.2. The molecule has 0 unspecified atom stereocenters. The molecule has 0 N–H and O–H groups in total. The number of hydrogen-bond acceptors (Lipinski definition) is 4. The summed E-state index contributed by atoms with van der Waals surface area (Å²) >= 11 is 0. The monoisotopic (exact) mass is 286 g/mol. The molecule has 0 spiro atoms. The standard InChI is InChI=1S/C16H30O4/c1-3-16(17)20-13-7-5-4-6-12-19-15-10-8-14(18-2)9-11-15/h14-15H,3-13H2,1-2H3. The van der Waals surface area contributed by atoms with Gasteiger partial charge in [-0.1, -0.05) is 13.3 Å². The summed E-state index contributed by atoms with van der Waals surface area (Å²) < 4.78 is 16.3. The number of ether oxygens (including phenoxy) is 3. The molecule has 0 bridgehead atoms. The molecule has 4 nitrogen and oxygen atoms in total. The van der Waals surface area contributed by atoms with E-state index >= 15 is 0 Å². The lowest BCUT2D eigenvalue weighted by Crippen LogP contribution is -2.25. The lowest BCUT2D eigenvalue weighted by molar-refractivity contribution is -0.143. The van der Waals surface area contributed by atoms with Crippen molar-refractivity contribution in [2.45, 2.75) is 76.9 Å². The molecular formula is C16H30O4. The van der Waals surface area contributed by atoms with Gasteiger partial charge in [0.2, 0.25) is 0 Å². The number of hydrogen-bond donors (Lipinski definition) is 0. The predicted molar refractivity (Wildman–Crippen MR) is 78.7 cm³/mol. The average molecular weight is 286 g/mol. The normalized spacial score (nSPS) is 22.7. The van der Waals surface area contributed by atoms with Crippen LogP contribution < -0.4 is 0 Å². The van der Waals surface area contributed by atoms with Crippen LogP contribution in [0.3, 0.4) is 0 Å². The Labute approximate surface area is 123 Å². The zero-order chi connectivity index (χ0) is 14.6. The van der Waals surface area contributed by atoms with Gasteiger partial charge in [0.05, 0.1) is 18.8 Å². The Morgan fingerprint density at radius 3 is 2.15 bits per heavy atom. The highest BCUT2D eigenvalue weighted by atomic mass is 16.5. The SMILES string of the molecule is CCC(=O)OCCCCCCOC1CCC(OC)CC1. The third-order valence-corrected chi connectivity index (χ3v) is 3.90. The van der Waals surface area contributed by atoms with Crippen LogP contribution >= 0.6 is 0 Å². The van der Waals surface area contributed by atoms with E-state index in [4.69, 9.17) is 14.2 Å². The second-order valence-electron chi connectivity index (χ2n) is 5.49. The Morgan fingerprint density at radius 2 is 1.55 bits per heavy atom. The second-order valence-corrected chi connectivity index (χ2v) is 5.49. The first kappa shape index (κ1) is 17.4. The lowest BCUT2D eigenvalue weighted by atomic mass is 9.95. The number of unbranched alkanes of at least 4 members (excludes halogenated alkanes) is 3. The molecule has 1 fully saturated rings. The quantitative estimate of drug-likeness (QED) is 0.455. The van der Waals surface area contributed by atoms with Gasteiger partial charge in [0.15, 0.2) is 0 Å². The Hall–Kier alpha value is -0.610. The Bertz CT molecular complexity index is 247. The fourth-order valence-electron chi connectivity index (χ4n) is 2.53. The van der Waals surface area contributed by atoms with Crippen molar-refractivity contribution in [1.29, 1.82) is 0 Å². The minimum Gasteiger partial charge on any atom is -0.466 e. The van der Waals surface area contributed by atoms with Crippen LogP contribution in [0.4, 0.5) is 0 Å². The van der Waals surface area contributed by atoms with Gasteiger partial charge >= 0.3 is 5.97 Å². The zero-order valence-corrected chi connectivity index (χ0v) is 13.1. The molecule has 118 valence electrons. The van der Waals surface area contributed by atoms with Crippen LogP contribution in [0.2, 0.25) is 0 Å². The van der Waals surface area contributed by atoms with Gasteiger partial charge in [-0.2, -0.15) is 0 Å². The second kappa shape index (κ2) is 11.1. The van der Waals surface area contributed by atoms with Crippen molar-refractivity contribution in [1.82, 2.24) is 0 Å². The van der Waals surface area contributed by atoms with E-state index in [0.717, 1.165) is 58.0 Å². The zero-order valence-electron chi connectivity index (χ0n) is 13.1. The molecule has 1 saturated carbocycles. The molecule has 0 amide bonds.